The summed E-state index contributed by atoms with van der Waals surface area (Å²) in [6.07, 6.45) is -0.280. The molecule has 4 rings (SSSR count). The summed E-state index contributed by atoms with van der Waals surface area (Å²) < 4.78 is 5.19. The van der Waals surface area contributed by atoms with E-state index in [1.807, 2.05) is 6.92 Å². The molecule has 37 heavy (non-hydrogen) atoms. The van der Waals surface area contributed by atoms with Crippen LogP contribution in [0.25, 0.3) is 0 Å². The Kier molecular flexibility index (Phi) is 7.97. The number of carbonyl (C=O) groups is 3. The van der Waals surface area contributed by atoms with Crippen molar-refractivity contribution in [1.82, 2.24) is 10.4 Å². The second-order valence-electron chi connectivity index (χ2n) is 8.20. The third kappa shape index (κ3) is 5.85. The van der Waals surface area contributed by atoms with Crippen molar-refractivity contribution in [3.05, 3.63) is 87.9 Å². The average Bonchev–Trinajstić information content (AvgIpc) is 3.10. The SMILES string of the molecule is COc1ccc(N2C(=O)C(CC(=O)Nc3ccc(C)c(Cl)c3)N(NC(=O)c3ccc(Cl)cc3)C2=S)cc1. The van der Waals surface area contributed by atoms with E-state index in [-0.39, 0.29) is 11.5 Å². The van der Waals surface area contributed by atoms with Crippen LogP contribution >= 0.6 is 35.4 Å². The average molecular weight is 557 g/mol. The summed E-state index contributed by atoms with van der Waals surface area (Å²) >= 11 is 17.7. The molecule has 1 unspecified atom stereocenters. The number of carbonyl (C=O) groups excluding carboxylic acids is 3. The number of benzene rings is 3. The quantitative estimate of drug-likeness (QED) is 0.398. The molecule has 190 valence electrons. The van der Waals surface area contributed by atoms with Crippen LogP contribution in [-0.2, 0) is 9.59 Å². The van der Waals surface area contributed by atoms with Crippen molar-refractivity contribution in [2.45, 2.75) is 19.4 Å². The maximum Gasteiger partial charge on any atom is 0.269 e. The third-order valence-corrected chi connectivity index (χ3v) is 6.75. The van der Waals surface area contributed by atoms with E-state index < -0.39 is 23.8 Å². The molecule has 0 radical (unpaired) electrons. The number of hydrazine groups is 1. The lowest BCUT2D eigenvalue weighted by Gasteiger charge is -2.24. The zero-order chi connectivity index (χ0) is 26.7. The van der Waals surface area contributed by atoms with Gasteiger partial charge in [-0.2, -0.15) is 0 Å². The van der Waals surface area contributed by atoms with Gasteiger partial charge in [-0.15, -0.1) is 0 Å². The first-order chi connectivity index (χ1) is 17.7. The number of nitrogens with zero attached hydrogens (tertiary/aromatic N) is 2. The Balaban J connectivity index is 1.60. The molecule has 1 heterocycles. The molecule has 0 bridgehead atoms. The van der Waals surface area contributed by atoms with E-state index in [2.05, 4.69) is 10.7 Å². The Morgan fingerprint density at radius 3 is 2.32 bits per heavy atom. The highest BCUT2D eigenvalue weighted by molar-refractivity contribution is 7.80. The van der Waals surface area contributed by atoms with Gasteiger partial charge in [-0.1, -0.05) is 29.3 Å². The molecule has 2 N–H and O–H groups in total. The Hall–Kier alpha value is -3.66. The van der Waals surface area contributed by atoms with Gasteiger partial charge in [-0.25, -0.2) is 5.01 Å². The third-order valence-electron chi connectivity index (χ3n) is 5.71. The summed E-state index contributed by atoms with van der Waals surface area (Å²) in [6.45, 7) is 1.85. The Labute approximate surface area is 229 Å². The lowest BCUT2D eigenvalue weighted by molar-refractivity contribution is -0.124. The molecule has 1 atom stereocenters. The van der Waals surface area contributed by atoms with Gasteiger partial charge in [0.25, 0.3) is 11.8 Å². The number of amides is 3. The predicted molar refractivity (Wildman–Crippen MR) is 147 cm³/mol. The summed E-state index contributed by atoms with van der Waals surface area (Å²) in [5.41, 5.74) is 4.79. The minimum Gasteiger partial charge on any atom is -0.497 e. The molecule has 0 aromatic heterocycles. The molecule has 8 nitrogen and oxygen atoms in total. The number of nitrogens with one attached hydrogen (secondary N) is 2. The molecule has 0 saturated carbocycles. The minimum atomic E-state index is -1.09. The largest absolute Gasteiger partial charge is 0.497 e. The van der Waals surface area contributed by atoms with Gasteiger partial charge >= 0.3 is 0 Å². The van der Waals surface area contributed by atoms with E-state index in [0.29, 0.717) is 32.7 Å². The van der Waals surface area contributed by atoms with Crippen molar-refractivity contribution >= 4 is 69.6 Å². The number of rotatable bonds is 7. The van der Waals surface area contributed by atoms with Crippen molar-refractivity contribution in [3.63, 3.8) is 0 Å². The van der Waals surface area contributed by atoms with E-state index in [4.69, 9.17) is 40.2 Å². The molecule has 1 aliphatic rings. The predicted octanol–water partition coefficient (Wildman–Crippen LogP) is 4.99. The number of hydrogen-bond acceptors (Lipinski definition) is 5. The summed E-state index contributed by atoms with van der Waals surface area (Å²) in [4.78, 5) is 40.7. The van der Waals surface area contributed by atoms with Gasteiger partial charge in [-0.05, 0) is 85.4 Å². The Morgan fingerprint density at radius 2 is 1.70 bits per heavy atom. The van der Waals surface area contributed by atoms with Gasteiger partial charge in [0.05, 0.1) is 19.2 Å². The molecule has 0 aliphatic carbocycles. The van der Waals surface area contributed by atoms with E-state index in [9.17, 15) is 14.4 Å². The first-order valence-corrected chi connectivity index (χ1v) is 12.3. The number of hydrogen-bond donors (Lipinski definition) is 2. The zero-order valence-corrected chi connectivity index (χ0v) is 22.2. The van der Waals surface area contributed by atoms with Gasteiger partial charge in [0, 0.05) is 21.3 Å². The Morgan fingerprint density at radius 1 is 1.03 bits per heavy atom. The van der Waals surface area contributed by atoms with Gasteiger partial charge in [-0.3, -0.25) is 24.7 Å². The molecule has 3 amide bonds. The van der Waals surface area contributed by atoms with Crippen molar-refractivity contribution in [2.75, 3.05) is 17.3 Å². The van der Waals surface area contributed by atoms with Crippen LogP contribution in [-0.4, -0.2) is 41.0 Å². The van der Waals surface area contributed by atoms with Crippen LogP contribution in [0.5, 0.6) is 5.75 Å². The number of anilines is 2. The second-order valence-corrected chi connectivity index (χ2v) is 9.41. The molecule has 11 heteroatoms. The maximum absolute atomic E-state index is 13.5. The van der Waals surface area contributed by atoms with Crippen LogP contribution in [0.15, 0.2) is 66.7 Å². The number of ether oxygens (including phenoxy) is 1. The molecule has 3 aromatic rings. The molecule has 0 spiro atoms. The van der Waals surface area contributed by atoms with Crippen LogP contribution in [0.2, 0.25) is 10.0 Å². The standard InChI is InChI=1S/C26H22Cl2N4O4S/c1-15-3-8-18(13-21(15)28)29-23(33)14-22-25(35)31(19-9-11-20(36-2)12-10-19)26(37)32(22)30-24(34)16-4-6-17(27)7-5-16/h3-13,22H,14H2,1-2H3,(H,29,33)(H,30,34). The lowest BCUT2D eigenvalue weighted by Crippen LogP contribution is -2.49. The number of halogens is 2. The smallest absolute Gasteiger partial charge is 0.269 e. The van der Waals surface area contributed by atoms with Crippen molar-refractivity contribution in [2.24, 2.45) is 0 Å². The van der Waals surface area contributed by atoms with E-state index in [1.165, 1.54) is 17.0 Å². The zero-order valence-electron chi connectivity index (χ0n) is 19.8. The van der Waals surface area contributed by atoms with Crippen molar-refractivity contribution in [3.8, 4) is 5.75 Å². The fourth-order valence-electron chi connectivity index (χ4n) is 3.70. The summed E-state index contributed by atoms with van der Waals surface area (Å²) in [5, 5.41) is 4.97. The molecular formula is C26H22Cl2N4O4S. The van der Waals surface area contributed by atoms with Gasteiger partial charge < -0.3 is 10.1 Å². The van der Waals surface area contributed by atoms with Gasteiger partial charge in [0.15, 0.2) is 0 Å². The van der Waals surface area contributed by atoms with E-state index in [1.54, 1.807) is 66.7 Å². The molecular weight excluding hydrogens is 535 g/mol. The molecule has 1 fully saturated rings. The molecule has 1 aliphatic heterocycles. The van der Waals surface area contributed by atoms with Crippen LogP contribution < -0.4 is 20.4 Å². The highest BCUT2D eigenvalue weighted by Gasteiger charge is 2.45. The van der Waals surface area contributed by atoms with Crippen LogP contribution in [0.1, 0.15) is 22.3 Å². The maximum atomic E-state index is 13.5. The Bertz CT molecular complexity index is 1370. The minimum absolute atomic E-state index is 0.0219. The fraction of sp³-hybridized carbons (Fsp3) is 0.154. The van der Waals surface area contributed by atoms with Crippen LogP contribution in [0, 0.1) is 6.92 Å². The first kappa shape index (κ1) is 26.4. The summed E-state index contributed by atoms with van der Waals surface area (Å²) in [6, 6.07) is 17.0. The van der Waals surface area contributed by atoms with Gasteiger partial charge in [0.2, 0.25) is 11.0 Å². The highest BCUT2D eigenvalue weighted by Crippen LogP contribution is 2.28. The van der Waals surface area contributed by atoms with E-state index in [0.717, 1.165) is 5.56 Å². The molecule has 3 aromatic carbocycles. The van der Waals surface area contributed by atoms with Crippen LogP contribution in [0.4, 0.5) is 11.4 Å². The lowest BCUT2D eigenvalue weighted by atomic mass is 10.1. The number of methoxy groups -OCH3 is 1. The number of thiocarbonyl (C=S) groups is 1. The molecule has 1 saturated heterocycles. The van der Waals surface area contributed by atoms with Gasteiger partial charge in [0.1, 0.15) is 11.8 Å². The number of aryl methyl sites for hydroxylation is 1. The second kappa shape index (κ2) is 11.2. The van der Waals surface area contributed by atoms with Crippen molar-refractivity contribution < 1.29 is 19.1 Å². The highest BCUT2D eigenvalue weighted by atomic mass is 35.5. The monoisotopic (exact) mass is 556 g/mol. The topological polar surface area (TPSA) is 91.0 Å². The summed E-state index contributed by atoms with van der Waals surface area (Å²) in [7, 11) is 1.53. The first-order valence-electron chi connectivity index (χ1n) is 11.1. The fourth-order valence-corrected chi connectivity index (χ4v) is 4.38. The van der Waals surface area contributed by atoms with Crippen molar-refractivity contribution in [1.29, 1.82) is 0 Å². The van der Waals surface area contributed by atoms with Crippen LogP contribution in [0.3, 0.4) is 0 Å². The van der Waals surface area contributed by atoms with E-state index >= 15 is 0 Å². The summed E-state index contributed by atoms with van der Waals surface area (Å²) in [5.74, 6) is -0.840. The normalized spacial score (nSPS) is 15.1.